The second kappa shape index (κ2) is 9.35. The second-order valence-corrected chi connectivity index (χ2v) is 6.88. The van der Waals surface area contributed by atoms with Crippen LogP contribution in [0.25, 0.3) is 0 Å². The molecule has 0 radical (unpaired) electrons. The molecule has 2 aromatic rings. The first-order valence-electron chi connectivity index (χ1n) is 9.59. The summed E-state index contributed by atoms with van der Waals surface area (Å²) in [6.07, 6.45) is 3.48. The summed E-state index contributed by atoms with van der Waals surface area (Å²) in [6, 6.07) is 11.5. The maximum Gasteiger partial charge on any atom is 0.224 e. The summed E-state index contributed by atoms with van der Waals surface area (Å²) >= 11 is 0. The fourth-order valence-electron chi connectivity index (χ4n) is 3.40. The number of hydrogen-bond acceptors (Lipinski definition) is 4. The van der Waals surface area contributed by atoms with Gasteiger partial charge in [-0.25, -0.2) is 4.39 Å². The van der Waals surface area contributed by atoms with Gasteiger partial charge in [0, 0.05) is 31.6 Å². The molecule has 1 aliphatic rings. The first-order valence-corrected chi connectivity index (χ1v) is 9.59. The van der Waals surface area contributed by atoms with Gasteiger partial charge in [-0.05, 0) is 49.6 Å². The standard InChI is InChI=1S/C22H25FN2O3/c1-28-21-11-9-16(25-13-5-2-6-14-25)15-19(21)24-22(27)12-10-20(26)17-7-3-4-8-18(17)23/h3-4,7-9,11,15H,2,5-6,10,12-14H2,1H3,(H,24,27). The van der Waals surface area contributed by atoms with Crippen molar-refractivity contribution < 1.29 is 18.7 Å². The van der Waals surface area contributed by atoms with Gasteiger partial charge in [0.15, 0.2) is 5.78 Å². The third-order valence-corrected chi connectivity index (χ3v) is 4.93. The van der Waals surface area contributed by atoms with Crippen LogP contribution in [-0.2, 0) is 4.79 Å². The Balaban J connectivity index is 1.64. The van der Waals surface area contributed by atoms with E-state index in [4.69, 9.17) is 4.74 Å². The van der Waals surface area contributed by atoms with E-state index in [0.717, 1.165) is 31.6 Å². The van der Waals surface area contributed by atoms with Crippen molar-refractivity contribution in [3.8, 4) is 5.75 Å². The van der Waals surface area contributed by atoms with Gasteiger partial charge in [0.25, 0.3) is 0 Å². The zero-order valence-corrected chi connectivity index (χ0v) is 16.0. The highest BCUT2D eigenvalue weighted by Gasteiger charge is 2.16. The molecule has 1 amide bonds. The van der Waals surface area contributed by atoms with Gasteiger partial charge < -0.3 is 15.0 Å². The topological polar surface area (TPSA) is 58.6 Å². The van der Waals surface area contributed by atoms with E-state index in [-0.39, 0.29) is 30.1 Å². The predicted octanol–water partition coefficient (Wildman–Crippen LogP) is 4.43. The quantitative estimate of drug-likeness (QED) is 0.718. The number of nitrogens with one attached hydrogen (secondary N) is 1. The van der Waals surface area contributed by atoms with Gasteiger partial charge in [0.05, 0.1) is 18.4 Å². The van der Waals surface area contributed by atoms with Crippen molar-refractivity contribution in [2.24, 2.45) is 0 Å². The number of methoxy groups -OCH3 is 1. The first kappa shape index (κ1) is 19.9. The summed E-state index contributed by atoms with van der Waals surface area (Å²) < 4.78 is 19.0. The third-order valence-electron chi connectivity index (χ3n) is 4.93. The maximum absolute atomic E-state index is 13.7. The van der Waals surface area contributed by atoms with Gasteiger partial charge in [0.1, 0.15) is 11.6 Å². The largest absolute Gasteiger partial charge is 0.495 e. The van der Waals surface area contributed by atoms with Crippen molar-refractivity contribution in [2.45, 2.75) is 32.1 Å². The number of anilines is 2. The summed E-state index contributed by atoms with van der Waals surface area (Å²) in [5, 5.41) is 2.83. The lowest BCUT2D eigenvalue weighted by Crippen LogP contribution is -2.29. The molecule has 0 aromatic heterocycles. The Labute approximate surface area is 164 Å². The normalized spacial score (nSPS) is 13.9. The number of hydrogen-bond donors (Lipinski definition) is 1. The predicted molar refractivity (Wildman–Crippen MR) is 108 cm³/mol. The van der Waals surface area contributed by atoms with Gasteiger partial charge in [-0.1, -0.05) is 12.1 Å². The molecular formula is C22H25FN2O3. The van der Waals surface area contributed by atoms with E-state index in [0.29, 0.717) is 11.4 Å². The summed E-state index contributed by atoms with van der Waals surface area (Å²) in [5.41, 5.74) is 1.63. The summed E-state index contributed by atoms with van der Waals surface area (Å²) in [5.74, 6) is -0.695. The summed E-state index contributed by atoms with van der Waals surface area (Å²) in [6.45, 7) is 1.99. The molecular weight excluding hydrogens is 359 g/mol. The maximum atomic E-state index is 13.7. The molecule has 1 saturated heterocycles. The summed E-state index contributed by atoms with van der Waals surface area (Å²) in [4.78, 5) is 26.8. The molecule has 1 fully saturated rings. The highest BCUT2D eigenvalue weighted by Crippen LogP contribution is 2.31. The van der Waals surface area contributed by atoms with Crippen molar-refractivity contribution in [3.05, 3.63) is 53.8 Å². The molecule has 5 nitrogen and oxygen atoms in total. The average molecular weight is 384 g/mol. The monoisotopic (exact) mass is 384 g/mol. The molecule has 28 heavy (non-hydrogen) atoms. The number of halogens is 1. The van der Waals surface area contributed by atoms with Crippen LogP contribution in [0.5, 0.6) is 5.75 Å². The number of piperidine rings is 1. The molecule has 6 heteroatoms. The SMILES string of the molecule is COc1ccc(N2CCCCC2)cc1NC(=O)CCC(=O)c1ccccc1F. The molecule has 1 aliphatic heterocycles. The Morgan fingerprint density at radius 3 is 2.54 bits per heavy atom. The van der Waals surface area contributed by atoms with E-state index in [2.05, 4.69) is 10.2 Å². The van der Waals surface area contributed by atoms with Crippen molar-refractivity contribution in [3.63, 3.8) is 0 Å². The second-order valence-electron chi connectivity index (χ2n) is 6.88. The fourth-order valence-corrected chi connectivity index (χ4v) is 3.40. The van der Waals surface area contributed by atoms with E-state index >= 15 is 0 Å². The highest BCUT2D eigenvalue weighted by atomic mass is 19.1. The van der Waals surface area contributed by atoms with Gasteiger partial charge in [-0.15, -0.1) is 0 Å². The lowest BCUT2D eigenvalue weighted by atomic mass is 10.1. The Hall–Kier alpha value is -2.89. The van der Waals surface area contributed by atoms with Crippen LogP contribution in [-0.4, -0.2) is 31.9 Å². The minimum absolute atomic E-state index is 0.0139. The van der Waals surface area contributed by atoms with Crippen molar-refractivity contribution >= 4 is 23.1 Å². The van der Waals surface area contributed by atoms with E-state index < -0.39 is 5.82 Å². The van der Waals surface area contributed by atoms with Crippen LogP contribution < -0.4 is 15.0 Å². The molecule has 0 spiro atoms. The van der Waals surface area contributed by atoms with E-state index in [1.165, 1.54) is 24.6 Å². The van der Waals surface area contributed by atoms with Crippen LogP contribution in [0.1, 0.15) is 42.5 Å². The zero-order valence-electron chi connectivity index (χ0n) is 16.0. The smallest absolute Gasteiger partial charge is 0.224 e. The van der Waals surface area contributed by atoms with E-state index in [1.54, 1.807) is 13.2 Å². The Morgan fingerprint density at radius 1 is 1.07 bits per heavy atom. The number of amides is 1. The van der Waals surface area contributed by atoms with Crippen LogP contribution in [0, 0.1) is 5.82 Å². The minimum atomic E-state index is -0.566. The van der Waals surface area contributed by atoms with Gasteiger partial charge >= 0.3 is 0 Å². The number of Topliss-reactive ketones (excluding diaryl/α,β-unsaturated/α-hetero) is 1. The molecule has 0 bridgehead atoms. The summed E-state index contributed by atoms with van der Waals surface area (Å²) in [7, 11) is 1.55. The molecule has 1 heterocycles. The van der Waals surface area contributed by atoms with Crippen molar-refractivity contribution in [2.75, 3.05) is 30.4 Å². The molecule has 0 unspecified atom stereocenters. The van der Waals surface area contributed by atoms with Crippen LogP contribution >= 0.6 is 0 Å². The first-order chi connectivity index (χ1) is 13.6. The molecule has 148 valence electrons. The molecule has 2 aromatic carbocycles. The average Bonchev–Trinajstić information content (AvgIpc) is 2.73. The van der Waals surface area contributed by atoms with Crippen LogP contribution in [0.2, 0.25) is 0 Å². The van der Waals surface area contributed by atoms with Gasteiger partial charge in [-0.2, -0.15) is 0 Å². The molecule has 0 aliphatic carbocycles. The lowest BCUT2D eigenvalue weighted by molar-refractivity contribution is -0.116. The number of carbonyl (C=O) groups is 2. The number of carbonyl (C=O) groups excluding carboxylic acids is 2. The Bertz CT molecular complexity index is 847. The van der Waals surface area contributed by atoms with E-state index in [1.807, 2.05) is 18.2 Å². The van der Waals surface area contributed by atoms with Crippen LogP contribution in [0.15, 0.2) is 42.5 Å². The number of nitrogens with zero attached hydrogens (tertiary/aromatic N) is 1. The fraction of sp³-hybridized carbons (Fsp3) is 0.364. The zero-order chi connectivity index (χ0) is 19.9. The Morgan fingerprint density at radius 2 is 1.82 bits per heavy atom. The molecule has 0 saturated carbocycles. The van der Waals surface area contributed by atoms with Crippen molar-refractivity contribution in [1.29, 1.82) is 0 Å². The van der Waals surface area contributed by atoms with Crippen molar-refractivity contribution in [1.82, 2.24) is 0 Å². The van der Waals surface area contributed by atoms with E-state index in [9.17, 15) is 14.0 Å². The van der Waals surface area contributed by atoms with Crippen LogP contribution in [0.4, 0.5) is 15.8 Å². The Kier molecular flexibility index (Phi) is 6.63. The lowest BCUT2D eigenvalue weighted by Gasteiger charge is -2.29. The molecule has 3 rings (SSSR count). The van der Waals surface area contributed by atoms with Crippen LogP contribution in [0.3, 0.4) is 0 Å². The number of rotatable bonds is 7. The number of ether oxygens (including phenoxy) is 1. The highest BCUT2D eigenvalue weighted by molar-refractivity contribution is 6.00. The minimum Gasteiger partial charge on any atom is -0.495 e. The molecule has 0 atom stereocenters. The van der Waals surface area contributed by atoms with Gasteiger partial charge in [0.2, 0.25) is 5.91 Å². The molecule has 1 N–H and O–H groups in total. The third kappa shape index (κ3) is 4.88. The number of benzene rings is 2. The number of ketones is 1. The van der Waals surface area contributed by atoms with Gasteiger partial charge in [-0.3, -0.25) is 9.59 Å².